The summed E-state index contributed by atoms with van der Waals surface area (Å²) in [6, 6.07) is 0. The molecule has 0 unspecified atom stereocenters. The average molecular weight is 469 g/mol. The number of ketones is 1. The maximum absolute atomic E-state index is 13.1. The van der Waals surface area contributed by atoms with Gasteiger partial charge in [0.05, 0.1) is 29.3 Å². The predicted octanol–water partition coefficient (Wildman–Crippen LogP) is 5.36. The number of hydrogen-bond acceptors (Lipinski definition) is 4. The summed E-state index contributed by atoms with van der Waals surface area (Å²) in [4.78, 5) is 24.7. The van der Waals surface area contributed by atoms with Crippen molar-refractivity contribution in [1.82, 2.24) is 0 Å². The van der Waals surface area contributed by atoms with Gasteiger partial charge in [0.15, 0.2) is 5.78 Å². The smallest absolute Gasteiger partial charge is 0.333 e. The summed E-state index contributed by atoms with van der Waals surface area (Å²) in [5.74, 6) is 1.61. The first kappa shape index (κ1) is 24.0. The maximum atomic E-state index is 13.1. The molecule has 0 bridgehead atoms. The molecule has 186 valence electrons. The van der Waals surface area contributed by atoms with Crippen LogP contribution < -0.4 is 0 Å². The molecule has 0 aromatic carbocycles. The highest BCUT2D eigenvalue weighted by Crippen LogP contribution is 2.67. The van der Waals surface area contributed by atoms with Crippen molar-refractivity contribution in [2.24, 2.45) is 40.4 Å². The topological polar surface area (TPSA) is 72.8 Å². The van der Waals surface area contributed by atoms with Gasteiger partial charge in [-0.1, -0.05) is 31.2 Å². The molecule has 0 radical (unpaired) electrons. The van der Waals surface area contributed by atoms with E-state index in [2.05, 4.69) is 26.5 Å². The molecule has 2 saturated carbocycles. The van der Waals surface area contributed by atoms with Crippen molar-refractivity contribution in [2.45, 2.75) is 77.4 Å². The van der Waals surface area contributed by atoms with Crippen LogP contribution in [0.15, 0.2) is 36.0 Å². The molecule has 5 heteroatoms. The SMILES string of the molecule is C=C(C(=O)O)[C@]1(C)C[C@H](OC)[C@H]([C@H]2CC[C@H]3[C@@H]4CC=C5CC=CC(=O)[C@]5(C)[C@H]4CC[C@]23C)CO1. The van der Waals surface area contributed by atoms with E-state index < -0.39 is 11.6 Å². The van der Waals surface area contributed by atoms with Crippen LogP contribution in [0.1, 0.15) is 65.7 Å². The molecule has 1 N–H and O–H groups in total. The van der Waals surface area contributed by atoms with E-state index in [1.165, 1.54) is 12.0 Å². The molecular formula is C29H40O5. The number of ether oxygens (including phenoxy) is 2. The molecule has 0 spiro atoms. The monoisotopic (exact) mass is 468 g/mol. The van der Waals surface area contributed by atoms with E-state index in [0.29, 0.717) is 42.5 Å². The van der Waals surface area contributed by atoms with Crippen LogP contribution in [0.2, 0.25) is 0 Å². The lowest BCUT2D eigenvalue weighted by Gasteiger charge is -2.57. The van der Waals surface area contributed by atoms with E-state index in [1.807, 2.05) is 19.1 Å². The van der Waals surface area contributed by atoms with E-state index >= 15 is 0 Å². The zero-order valence-electron chi connectivity index (χ0n) is 21.1. The van der Waals surface area contributed by atoms with Gasteiger partial charge >= 0.3 is 5.97 Å². The Morgan fingerprint density at radius 1 is 1.15 bits per heavy atom. The zero-order chi connectivity index (χ0) is 24.5. The Balaban J connectivity index is 1.39. The molecule has 3 fully saturated rings. The van der Waals surface area contributed by atoms with Gasteiger partial charge in [-0.3, -0.25) is 4.79 Å². The van der Waals surface area contributed by atoms with Crippen molar-refractivity contribution >= 4 is 11.8 Å². The summed E-state index contributed by atoms with van der Waals surface area (Å²) in [5, 5.41) is 9.51. The summed E-state index contributed by atoms with van der Waals surface area (Å²) in [5.41, 5.74) is 0.427. The van der Waals surface area contributed by atoms with Gasteiger partial charge < -0.3 is 14.6 Å². The average Bonchev–Trinajstić information content (AvgIpc) is 3.16. The number of carbonyl (C=O) groups excluding carboxylic acids is 1. The van der Waals surface area contributed by atoms with Crippen molar-refractivity contribution in [2.75, 3.05) is 13.7 Å². The predicted molar refractivity (Wildman–Crippen MR) is 130 cm³/mol. The molecule has 0 amide bonds. The zero-order valence-corrected chi connectivity index (χ0v) is 21.1. The third-order valence-electron chi connectivity index (χ3n) is 11.1. The number of carbonyl (C=O) groups is 2. The van der Waals surface area contributed by atoms with Gasteiger partial charge in [0.25, 0.3) is 0 Å². The molecule has 34 heavy (non-hydrogen) atoms. The first-order chi connectivity index (χ1) is 16.1. The minimum Gasteiger partial charge on any atom is -0.478 e. The maximum Gasteiger partial charge on any atom is 0.333 e. The quantitative estimate of drug-likeness (QED) is 0.444. The molecule has 5 rings (SSSR count). The molecule has 1 saturated heterocycles. The van der Waals surface area contributed by atoms with Crippen LogP contribution in [0.4, 0.5) is 0 Å². The van der Waals surface area contributed by atoms with E-state index in [9.17, 15) is 14.7 Å². The number of allylic oxidation sites excluding steroid dienone is 4. The fourth-order valence-electron chi connectivity index (χ4n) is 8.96. The Bertz CT molecular complexity index is 964. The number of carboxylic acids is 1. The van der Waals surface area contributed by atoms with Crippen LogP contribution >= 0.6 is 0 Å². The molecule has 1 heterocycles. The van der Waals surface area contributed by atoms with Gasteiger partial charge in [-0.2, -0.15) is 0 Å². The van der Waals surface area contributed by atoms with Crippen LogP contribution in [0.3, 0.4) is 0 Å². The fourth-order valence-corrected chi connectivity index (χ4v) is 8.96. The number of rotatable bonds is 4. The van der Waals surface area contributed by atoms with Gasteiger partial charge in [-0.25, -0.2) is 4.79 Å². The number of hydrogen-bond donors (Lipinski definition) is 1. The number of methoxy groups -OCH3 is 1. The van der Waals surface area contributed by atoms with E-state index in [4.69, 9.17) is 9.47 Å². The first-order valence-electron chi connectivity index (χ1n) is 13.1. The number of aliphatic carboxylic acids is 1. The second-order valence-electron chi connectivity index (χ2n) is 12.2. The van der Waals surface area contributed by atoms with Crippen LogP contribution in [-0.4, -0.2) is 42.3 Å². The Morgan fingerprint density at radius 3 is 2.53 bits per heavy atom. The Hall–Kier alpha value is -1.72. The van der Waals surface area contributed by atoms with Crippen LogP contribution in [0.25, 0.3) is 0 Å². The van der Waals surface area contributed by atoms with Crippen LogP contribution in [0, 0.1) is 40.4 Å². The summed E-state index contributed by atoms with van der Waals surface area (Å²) < 4.78 is 12.3. The summed E-state index contributed by atoms with van der Waals surface area (Å²) in [7, 11) is 1.75. The van der Waals surface area contributed by atoms with Gasteiger partial charge in [-0.15, -0.1) is 0 Å². The lowest BCUT2D eigenvalue weighted by atomic mass is 9.47. The van der Waals surface area contributed by atoms with Crippen molar-refractivity contribution < 1.29 is 24.2 Å². The molecule has 1 aliphatic heterocycles. The van der Waals surface area contributed by atoms with Gasteiger partial charge in [-0.05, 0) is 87.5 Å². The molecule has 5 aliphatic rings. The van der Waals surface area contributed by atoms with Crippen molar-refractivity contribution in [1.29, 1.82) is 0 Å². The Kier molecular flexibility index (Phi) is 5.76. The van der Waals surface area contributed by atoms with Crippen molar-refractivity contribution in [3.8, 4) is 0 Å². The summed E-state index contributed by atoms with van der Waals surface area (Å²) in [6.45, 7) is 10.8. The van der Waals surface area contributed by atoms with Gasteiger partial charge in [0, 0.05) is 19.4 Å². The molecule has 4 aliphatic carbocycles. The largest absolute Gasteiger partial charge is 0.478 e. The third kappa shape index (κ3) is 3.26. The second kappa shape index (κ2) is 8.16. The highest BCUT2D eigenvalue weighted by molar-refractivity contribution is 5.98. The Labute approximate surface area is 203 Å². The number of fused-ring (bicyclic) bond motifs is 5. The van der Waals surface area contributed by atoms with Gasteiger partial charge in [0.1, 0.15) is 0 Å². The summed E-state index contributed by atoms with van der Waals surface area (Å²) >= 11 is 0. The third-order valence-corrected chi connectivity index (χ3v) is 11.1. The molecule has 0 aromatic rings. The fraction of sp³-hybridized carbons (Fsp3) is 0.724. The normalized spacial score (nSPS) is 47.9. The molecule has 9 atom stereocenters. The number of carboxylic acid groups (broad SMARTS) is 1. The van der Waals surface area contributed by atoms with Crippen molar-refractivity contribution in [3.63, 3.8) is 0 Å². The van der Waals surface area contributed by atoms with Crippen LogP contribution in [0.5, 0.6) is 0 Å². The molecule has 5 nitrogen and oxygen atoms in total. The standard InChI is InChI=1S/C29H40O5/c1-17(26(31)32)28(3)15-24(33-5)20(16-34-28)22-12-11-21-19-10-9-18-7-6-8-25(30)29(18,4)23(19)13-14-27(21,22)2/h6,8-9,19-24H,1,7,10-16H2,2-5H3,(H,31,32)/t19-,20-,21-,22+,23-,24-,27-,28-,29-/m0/s1. The molecule has 0 aromatic heterocycles. The van der Waals surface area contributed by atoms with Crippen LogP contribution in [-0.2, 0) is 19.1 Å². The molecular weight excluding hydrogens is 428 g/mol. The first-order valence-corrected chi connectivity index (χ1v) is 13.1. The van der Waals surface area contributed by atoms with E-state index in [1.54, 1.807) is 7.11 Å². The lowest BCUT2D eigenvalue weighted by molar-refractivity contribution is -0.167. The summed E-state index contributed by atoms with van der Waals surface area (Å²) in [6.07, 6.45) is 13.3. The second-order valence-corrected chi connectivity index (χ2v) is 12.2. The highest BCUT2D eigenvalue weighted by atomic mass is 16.5. The Morgan fingerprint density at radius 2 is 1.85 bits per heavy atom. The van der Waals surface area contributed by atoms with E-state index in [-0.39, 0.29) is 28.4 Å². The minimum absolute atomic E-state index is 0.0476. The van der Waals surface area contributed by atoms with Crippen molar-refractivity contribution in [3.05, 3.63) is 36.0 Å². The van der Waals surface area contributed by atoms with Gasteiger partial charge in [0.2, 0.25) is 0 Å². The lowest BCUT2D eigenvalue weighted by Crippen LogP contribution is -2.55. The highest BCUT2D eigenvalue weighted by Gasteiger charge is 2.62. The minimum atomic E-state index is -1.01. The van der Waals surface area contributed by atoms with E-state index in [0.717, 1.165) is 32.1 Å².